The zero-order valence-corrected chi connectivity index (χ0v) is 12.8. The number of rotatable bonds is 8. The van der Waals surface area contributed by atoms with Crippen molar-refractivity contribution < 1.29 is 9.47 Å². The van der Waals surface area contributed by atoms with Crippen molar-refractivity contribution in [3.05, 3.63) is 24.0 Å². The van der Waals surface area contributed by atoms with E-state index in [0.717, 1.165) is 37.5 Å². The minimum atomic E-state index is 0.709. The van der Waals surface area contributed by atoms with Crippen LogP contribution in [0.15, 0.2) is 24.0 Å². The monoisotopic (exact) mass is 269 g/mol. The molecule has 0 aromatic carbocycles. The molecule has 0 bridgehead atoms. The SMILES string of the molecule is COCCN(C)C1=COC(CCCN(C)C)=CN1C. The van der Waals surface area contributed by atoms with Crippen molar-refractivity contribution in [2.24, 2.45) is 0 Å². The molecule has 110 valence electrons. The molecule has 1 heterocycles. The molecule has 5 heteroatoms. The normalized spacial score (nSPS) is 15.2. The van der Waals surface area contributed by atoms with Crippen molar-refractivity contribution in [1.82, 2.24) is 14.7 Å². The fourth-order valence-electron chi connectivity index (χ4n) is 1.92. The van der Waals surface area contributed by atoms with Crippen molar-refractivity contribution in [3.8, 4) is 0 Å². The highest BCUT2D eigenvalue weighted by molar-refractivity contribution is 5.09. The standard InChI is InChI=1S/C14H27N3O2/c1-15(2)8-6-7-13-11-17(4)14(12-19-13)16(3)9-10-18-5/h11-12H,6-10H2,1-5H3. The number of nitrogens with zero attached hydrogens (tertiary/aromatic N) is 3. The van der Waals surface area contributed by atoms with Crippen molar-refractivity contribution in [2.45, 2.75) is 12.8 Å². The quantitative estimate of drug-likeness (QED) is 0.666. The molecule has 19 heavy (non-hydrogen) atoms. The van der Waals surface area contributed by atoms with Gasteiger partial charge in [0, 0.05) is 40.4 Å². The predicted molar refractivity (Wildman–Crippen MR) is 77.3 cm³/mol. The van der Waals surface area contributed by atoms with Crippen molar-refractivity contribution in [3.63, 3.8) is 0 Å². The summed E-state index contributed by atoms with van der Waals surface area (Å²) in [6, 6.07) is 0. The van der Waals surface area contributed by atoms with Gasteiger partial charge in [-0.2, -0.15) is 0 Å². The molecule has 1 rings (SSSR count). The number of allylic oxidation sites excluding steroid dienone is 1. The van der Waals surface area contributed by atoms with E-state index in [-0.39, 0.29) is 0 Å². The Morgan fingerprint density at radius 1 is 1.26 bits per heavy atom. The van der Waals surface area contributed by atoms with Gasteiger partial charge in [0.2, 0.25) is 0 Å². The smallest absolute Gasteiger partial charge is 0.144 e. The van der Waals surface area contributed by atoms with E-state index >= 15 is 0 Å². The second-order valence-corrected chi connectivity index (χ2v) is 5.12. The van der Waals surface area contributed by atoms with Gasteiger partial charge in [0.05, 0.1) is 6.61 Å². The highest BCUT2D eigenvalue weighted by atomic mass is 16.5. The van der Waals surface area contributed by atoms with Crippen LogP contribution in [0.5, 0.6) is 0 Å². The summed E-state index contributed by atoms with van der Waals surface area (Å²) in [6.45, 7) is 2.63. The van der Waals surface area contributed by atoms with Gasteiger partial charge in [0.25, 0.3) is 0 Å². The van der Waals surface area contributed by atoms with Crippen LogP contribution in [0.1, 0.15) is 12.8 Å². The van der Waals surface area contributed by atoms with Crippen LogP contribution >= 0.6 is 0 Å². The van der Waals surface area contributed by atoms with Gasteiger partial charge < -0.3 is 24.2 Å². The van der Waals surface area contributed by atoms with E-state index in [9.17, 15) is 0 Å². The van der Waals surface area contributed by atoms with E-state index in [4.69, 9.17) is 9.47 Å². The molecule has 0 fully saturated rings. The van der Waals surface area contributed by atoms with Gasteiger partial charge in [-0.3, -0.25) is 0 Å². The first-order valence-corrected chi connectivity index (χ1v) is 6.69. The van der Waals surface area contributed by atoms with Crippen molar-refractivity contribution in [1.29, 1.82) is 0 Å². The molecular formula is C14H27N3O2. The van der Waals surface area contributed by atoms with Crippen molar-refractivity contribution >= 4 is 0 Å². The average Bonchev–Trinajstić information content (AvgIpc) is 2.35. The second-order valence-electron chi connectivity index (χ2n) is 5.12. The van der Waals surface area contributed by atoms with Crippen LogP contribution in [-0.2, 0) is 9.47 Å². The Morgan fingerprint density at radius 2 is 2.00 bits per heavy atom. The lowest BCUT2D eigenvalue weighted by atomic mass is 10.2. The summed E-state index contributed by atoms with van der Waals surface area (Å²) in [4.78, 5) is 6.41. The first kappa shape index (κ1) is 15.9. The largest absolute Gasteiger partial charge is 0.464 e. The highest BCUT2D eigenvalue weighted by Gasteiger charge is 2.15. The Hall–Kier alpha value is -1.20. The fourth-order valence-corrected chi connectivity index (χ4v) is 1.92. The van der Waals surface area contributed by atoms with E-state index in [1.807, 2.05) is 20.4 Å². The number of methoxy groups -OCH3 is 1. The predicted octanol–water partition coefficient (Wildman–Crippen LogP) is 1.51. The minimum absolute atomic E-state index is 0.709. The van der Waals surface area contributed by atoms with Gasteiger partial charge >= 0.3 is 0 Å². The summed E-state index contributed by atoms with van der Waals surface area (Å²) >= 11 is 0. The topological polar surface area (TPSA) is 28.2 Å². The summed E-state index contributed by atoms with van der Waals surface area (Å²) in [6.07, 6.45) is 5.96. The third-order valence-electron chi connectivity index (χ3n) is 3.07. The molecule has 0 saturated carbocycles. The van der Waals surface area contributed by atoms with Crippen LogP contribution in [0.25, 0.3) is 0 Å². The lowest BCUT2D eigenvalue weighted by Crippen LogP contribution is -2.32. The molecule has 0 aromatic rings. The molecular weight excluding hydrogens is 242 g/mol. The first-order chi connectivity index (χ1) is 9.04. The number of ether oxygens (including phenoxy) is 2. The van der Waals surface area contributed by atoms with Crippen LogP contribution in [0.4, 0.5) is 0 Å². The lowest BCUT2D eigenvalue weighted by Gasteiger charge is -2.31. The molecule has 0 N–H and O–H groups in total. The molecule has 0 unspecified atom stereocenters. The number of likely N-dealkylation sites (N-methyl/N-ethyl adjacent to an activating group) is 1. The maximum Gasteiger partial charge on any atom is 0.144 e. The highest BCUT2D eigenvalue weighted by Crippen LogP contribution is 2.19. The van der Waals surface area contributed by atoms with E-state index in [1.165, 1.54) is 0 Å². The van der Waals surface area contributed by atoms with E-state index in [2.05, 4.69) is 35.0 Å². The molecule has 0 atom stereocenters. The average molecular weight is 269 g/mol. The van der Waals surface area contributed by atoms with Gasteiger partial charge in [-0.25, -0.2) is 0 Å². The van der Waals surface area contributed by atoms with Crippen molar-refractivity contribution in [2.75, 3.05) is 55.0 Å². The van der Waals surface area contributed by atoms with Crippen LogP contribution in [0.3, 0.4) is 0 Å². The Bertz CT molecular complexity index is 327. The molecule has 1 aliphatic rings. The molecule has 0 spiro atoms. The molecule has 0 aliphatic carbocycles. The number of hydrogen-bond donors (Lipinski definition) is 0. The van der Waals surface area contributed by atoms with E-state index in [1.54, 1.807) is 7.11 Å². The second kappa shape index (κ2) is 8.07. The van der Waals surface area contributed by atoms with Gasteiger partial charge in [0.1, 0.15) is 17.8 Å². The Labute approximate surface area is 117 Å². The molecule has 0 amide bonds. The van der Waals surface area contributed by atoms with Gasteiger partial charge in [-0.05, 0) is 27.1 Å². The number of hydrogen-bond acceptors (Lipinski definition) is 5. The zero-order valence-electron chi connectivity index (χ0n) is 12.8. The third-order valence-corrected chi connectivity index (χ3v) is 3.07. The molecule has 1 aliphatic heterocycles. The van der Waals surface area contributed by atoms with Crippen LogP contribution in [-0.4, -0.2) is 69.7 Å². The van der Waals surface area contributed by atoms with Crippen LogP contribution in [0, 0.1) is 0 Å². The van der Waals surface area contributed by atoms with Gasteiger partial charge in [-0.1, -0.05) is 0 Å². The molecule has 5 nitrogen and oxygen atoms in total. The van der Waals surface area contributed by atoms with Crippen LogP contribution < -0.4 is 0 Å². The fraction of sp³-hybridized carbons (Fsp3) is 0.714. The molecule has 0 saturated heterocycles. The maximum atomic E-state index is 5.70. The lowest BCUT2D eigenvalue weighted by molar-refractivity contribution is 0.154. The summed E-state index contributed by atoms with van der Waals surface area (Å²) < 4.78 is 10.8. The maximum absolute atomic E-state index is 5.70. The summed E-state index contributed by atoms with van der Waals surface area (Å²) in [5.74, 6) is 2.07. The minimum Gasteiger partial charge on any atom is -0.464 e. The van der Waals surface area contributed by atoms with Gasteiger partial charge in [-0.15, -0.1) is 0 Å². The zero-order chi connectivity index (χ0) is 14.3. The molecule has 0 radical (unpaired) electrons. The van der Waals surface area contributed by atoms with Crippen LogP contribution in [0.2, 0.25) is 0 Å². The van der Waals surface area contributed by atoms with E-state index < -0.39 is 0 Å². The summed E-state index contributed by atoms with van der Waals surface area (Å²) in [7, 11) is 9.97. The Kier molecular flexibility index (Phi) is 6.73. The van der Waals surface area contributed by atoms with E-state index in [0.29, 0.717) is 6.61 Å². The Morgan fingerprint density at radius 3 is 2.58 bits per heavy atom. The summed E-state index contributed by atoms with van der Waals surface area (Å²) in [5.41, 5.74) is 0. The van der Waals surface area contributed by atoms with Gasteiger partial charge in [0.15, 0.2) is 0 Å². The third kappa shape index (κ3) is 5.53. The molecule has 0 aromatic heterocycles. The first-order valence-electron chi connectivity index (χ1n) is 6.69. The summed E-state index contributed by atoms with van der Waals surface area (Å²) in [5, 5.41) is 0. The Balaban J connectivity index is 2.41.